The van der Waals surface area contributed by atoms with Gasteiger partial charge in [0, 0.05) is 6.42 Å². The van der Waals surface area contributed by atoms with E-state index in [-0.39, 0.29) is 11.8 Å². The summed E-state index contributed by atoms with van der Waals surface area (Å²) in [6.45, 7) is 4.69. The highest BCUT2D eigenvalue weighted by Crippen LogP contribution is 2.15. The largest absolute Gasteiger partial charge is 0.480 e. The molecule has 0 spiro atoms. The van der Waals surface area contributed by atoms with E-state index in [0.717, 1.165) is 4.57 Å². The Morgan fingerprint density at radius 2 is 1.54 bits per heavy atom. The zero-order chi connectivity index (χ0) is 25.7. The summed E-state index contributed by atoms with van der Waals surface area (Å²) in [5.74, 6) is -3.01. The van der Waals surface area contributed by atoms with Crippen LogP contribution in [-0.2, 0) is 20.8 Å². The van der Waals surface area contributed by atoms with Crippen LogP contribution in [0, 0.1) is 5.92 Å². The van der Waals surface area contributed by atoms with Crippen molar-refractivity contribution in [3.05, 3.63) is 81.0 Å². The standard InChI is InChI=1S/C25H28N4O6/c1-14(2)20(22(31)26-15(3)24(33)34)28-21(30)19(13-16-9-5-4-6-10-16)29-23(32)17-11-7-8-12-18(17)27-25(29)35/h4-12,14-15,19-20H,13H2,1-3H3,(H,26,31)(H,27,35)(H,28,30)(H,33,34). The van der Waals surface area contributed by atoms with Crippen molar-refractivity contribution in [1.29, 1.82) is 0 Å². The van der Waals surface area contributed by atoms with Crippen LogP contribution in [0.25, 0.3) is 10.9 Å². The Morgan fingerprint density at radius 1 is 0.914 bits per heavy atom. The molecule has 0 aliphatic carbocycles. The SMILES string of the molecule is CC(NC(=O)C(NC(=O)C(Cc1ccccc1)n1c(=O)[nH]c2ccccc2c1=O)C(C)C)C(=O)O. The lowest BCUT2D eigenvalue weighted by Crippen LogP contribution is -2.55. The van der Waals surface area contributed by atoms with E-state index in [4.69, 9.17) is 5.11 Å². The molecular formula is C25H28N4O6. The van der Waals surface area contributed by atoms with E-state index in [1.165, 1.54) is 6.92 Å². The van der Waals surface area contributed by atoms with E-state index < -0.39 is 53.1 Å². The molecule has 0 aliphatic heterocycles. The highest BCUT2D eigenvalue weighted by atomic mass is 16.4. The van der Waals surface area contributed by atoms with Gasteiger partial charge in [0.2, 0.25) is 11.8 Å². The second-order valence-corrected chi connectivity index (χ2v) is 8.66. The van der Waals surface area contributed by atoms with Gasteiger partial charge in [-0.1, -0.05) is 56.3 Å². The van der Waals surface area contributed by atoms with Crippen LogP contribution in [0.2, 0.25) is 0 Å². The average Bonchev–Trinajstić information content (AvgIpc) is 2.82. The minimum Gasteiger partial charge on any atom is -0.480 e. The number of amides is 2. The van der Waals surface area contributed by atoms with E-state index in [1.807, 2.05) is 0 Å². The van der Waals surface area contributed by atoms with Gasteiger partial charge < -0.3 is 20.7 Å². The molecule has 2 amide bonds. The highest BCUT2D eigenvalue weighted by Gasteiger charge is 2.32. The molecule has 1 heterocycles. The van der Waals surface area contributed by atoms with Crippen LogP contribution < -0.4 is 21.9 Å². The molecule has 3 unspecified atom stereocenters. The molecule has 3 rings (SSSR count). The van der Waals surface area contributed by atoms with Crippen LogP contribution in [-0.4, -0.2) is 44.5 Å². The number of carbonyl (C=O) groups is 3. The predicted octanol–water partition coefficient (Wildman–Crippen LogP) is 1.20. The normalized spacial score (nSPS) is 13.7. The van der Waals surface area contributed by atoms with Crippen LogP contribution >= 0.6 is 0 Å². The first-order chi connectivity index (χ1) is 16.6. The van der Waals surface area contributed by atoms with Crippen LogP contribution in [0.15, 0.2) is 64.2 Å². The second-order valence-electron chi connectivity index (χ2n) is 8.66. The number of carboxylic acid groups (broad SMARTS) is 1. The molecule has 1 aromatic heterocycles. The highest BCUT2D eigenvalue weighted by molar-refractivity contribution is 5.91. The van der Waals surface area contributed by atoms with Gasteiger partial charge in [-0.25, -0.2) is 9.36 Å². The molecule has 2 aromatic carbocycles. The first-order valence-corrected chi connectivity index (χ1v) is 11.2. The van der Waals surface area contributed by atoms with Gasteiger partial charge in [-0.3, -0.25) is 19.2 Å². The molecule has 3 aromatic rings. The lowest BCUT2D eigenvalue weighted by molar-refractivity contribution is -0.142. The molecule has 0 fully saturated rings. The van der Waals surface area contributed by atoms with Crippen LogP contribution in [0.5, 0.6) is 0 Å². The maximum absolute atomic E-state index is 13.5. The number of para-hydroxylation sites is 1. The molecule has 3 atom stereocenters. The Labute approximate surface area is 201 Å². The van der Waals surface area contributed by atoms with Crippen LogP contribution in [0.1, 0.15) is 32.4 Å². The van der Waals surface area contributed by atoms with Gasteiger partial charge >= 0.3 is 11.7 Å². The lowest BCUT2D eigenvalue weighted by Gasteiger charge is -2.26. The molecule has 0 bridgehead atoms. The fourth-order valence-corrected chi connectivity index (χ4v) is 3.75. The number of carbonyl (C=O) groups excluding carboxylic acids is 2. The van der Waals surface area contributed by atoms with E-state index in [2.05, 4.69) is 15.6 Å². The van der Waals surface area contributed by atoms with E-state index >= 15 is 0 Å². The quantitative estimate of drug-likeness (QED) is 0.361. The molecular weight excluding hydrogens is 452 g/mol. The number of hydrogen-bond acceptors (Lipinski definition) is 5. The van der Waals surface area contributed by atoms with E-state index in [0.29, 0.717) is 11.1 Å². The zero-order valence-electron chi connectivity index (χ0n) is 19.6. The third-order valence-electron chi connectivity index (χ3n) is 5.70. The van der Waals surface area contributed by atoms with Gasteiger partial charge in [0.25, 0.3) is 5.56 Å². The van der Waals surface area contributed by atoms with Gasteiger partial charge in [-0.2, -0.15) is 0 Å². The summed E-state index contributed by atoms with van der Waals surface area (Å²) < 4.78 is 0.861. The zero-order valence-corrected chi connectivity index (χ0v) is 19.6. The van der Waals surface area contributed by atoms with Crippen molar-refractivity contribution in [2.75, 3.05) is 0 Å². The monoisotopic (exact) mass is 480 g/mol. The van der Waals surface area contributed by atoms with Crippen molar-refractivity contribution < 1.29 is 19.5 Å². The Kier molecular flexibility index (Phi) is 7.85. The minimum absolute atomic E-state index is 0.0198. The Hall–Kier alpha value is -4.21. The lowest BCUT2D eigenvalue weighted by atomic mass is 10.0. The molecule has 0 saturated carbocycles. The molecule has 0 aliphatic rings. The summed E-state index contributed by atoms with van der Waals surface area (Å²) in [4.78, 5) is 66.3. The number of aliphatic carboxylic acids is 1. The number of H-pyrrole nitrogens is 1. The molecule has 4 N–H and O–H groups in total. The van der Waals surface area contributed by atoms with Crippen LogP contribution in [0.4, 0.5) is 0 Å². The topological polar surface area (TPSA) is 150 Å². The maximum atomic E-state index is 13.5. The summed E-state index contributed by atoms with van der Waals surface area (Å²) in [6, 6.07) is 11.9. The van der Waals surface area contributed by atoms with Gasteiger partial charge in [0.15, 0.2) is 0 Å². The maximum Gasteiger partial charge on any atom is 0.329 e. The number of nitrogens with zero attached hydrogens (tertiary/aromatic N) is 1. The first kappa shape index (κ1) is 25.4. The van der Waals surface area contributed by atoms with Crippen molar-refractivity contribution in [2.24, 2.45) is 5.92 Å². The second kappa shape index (κ2) is 10.8. The number of benzene rings is 2. The van der Waals surface area contributed by atoms with Gasteiger partial charge in [0.1, 0.15) is 18.1 Å². The predicted molar refractivity (Wildman–Crippen MR) is 130 cm³/mol. The van der Waals surface area contributed by atoms with Crippen LogP contribution in [0.3, 0.4) is 0 Å². The molecule has 10 nitrogen and oxygen atoms in total. The van der Waals surface area contributed by atoms with Crippen molar-refractivity contribution in [3.63, 3.8) is 0 Å². The minimum atomic E-state index is -1.26. The van der Waals surface area contributed by atoms with Crippen molar-refractivity contribution in [3.8, 4) is 0 Å². The number of fused-ring (bicyclic) bond motifs is 1. The number of aromatic nitrogens is 2. The fraction of sp³-hybridized carbons (Fsp3) is 0.320. The molecule has 0 saturated heterocycles. The average molecular weight is 481 g/mol. The Bertz CT molecular complexity index is 1350. The van der Waals surface area contributed by atoms with Gasteiger partial charge in [0.05, 0.1) is 10.9 Å². The summed E-state index contributed by atoms with van der Waals surface area (Å²) >= 11 is 0. The first-order valence-electron chi connectivity index (χ1n) is 11.2. The summed E-state index contributed by atoms with van der Waals surface area (Å²) in [7, 11) is 0. The molecule has 0 radical (unpaired) electrons. The summed E-state index contributed by atoms with van der Waals surface area (Å²) in [5.41, 5.74) is -0.336. The Morgan fingerprint density at radius 3 is 2.17 bits per heavy atom. The van der Waals surface area contributed by atoms with Crippen molar-refractivity contribution >= 4 is 28.7 Å². The number of carboxylic acids is 1. The van der Waals surface area contributed by atoms with Crippen molar-refractivity contribution in [1.82, 2.24) is 20.2 Å². The van der Waals surface area contributed by atoms with Crippen molar-refractivity contribution in [2.45, 2.75) is 45.3 Å². The Balaban J connectivity index is 2.03. The number of nitrogens with one attached hydrogen (secondary N) is 3. The molecule has 35 heavy (non-hydrogen) atoms. The smallest absolute Gasteiger partial charge is 0.329 e. The van der Waals surface area contributed by atoms with E-state index in [1.54, 1.807) is 68.4 Å². The number of aromatic amines is 1. The molecule has 10 heteroatoms. The molecule has 184 valence electrons. The summed E-state index contributed by atoms with van der Waals surface area (Å²) in [5, 5.41) is 14.3. The fourth-order valence-electron chi connectivity index (χ4n) is 3.75. The van der Waals surface area contributed by atoms with Gasteiger partial charge in [-0.05, 0) is 30.5 Å². The summed E-state index contributed by atoms with van der Waals surface area (Å²) in [6.07, 6.45) is 0.0198. The van der Waals surface area contributed by atoms with E-state index in [9.17, 15) is 24.0 Å². The third kappa shape index (κ3) is 5.84. The number of rotatable bonds is 9. The third-order valence-corrected chi connectivity index (χ3v) is 5.70. The van der Waals surface area contributed by atoms with Gasteiger partial charge in [-0.15, -0.1) is 0 Å². The number of hydrogen-bond donors (Lipinski definition) is 4.